The maximum atomic E-state index is 14.0. The van der Waals surface area contributed by atoms with Gasteiger partial charge in [0.1, 0.15) is 12.3 Å². The molecule has 1 aliphatic carbocycles. The Balaban J connectivity index is 0.000000699. The second-order valence-corrected chi connectivity index (χ2v) is 18.4. The molecule has 0 bridgehead atoms. The Morgan fingerprint density at radius 3 is 2.42 bits per heavy atom. The Kier molecular flexibility index (Phi) is 17.8. The fourth-order valence-corrected chi connectivity index (χ4v) is 8.80. The van der Waals surface area contributed by atoms with E-state index < -0.39 is 6.04 Å². The maximum Gasteiger partial charge on any atom is 0.293 e. The molecule has 2 aromatic heterocycles. The number of aryl methyl sites for hydroxylation is 1. The van der Waals surface area contributed by atoms with Gasteiger partial charge in [-0.15, -0.1) is 0 Å². The van der Waals surface area contributed by atoms with Crippen molar-refractivity contribution in [3.05, 3.63) is 90.3 Å². The summed E-state index contributed by atoms with van der Waals surface area (Å²) < 4.78 is 13.4. The van der Waals surface area contributed by atoms with Crippen LogP contribution in [0, 0.1) is 17.3 Å². The van der Waals surface area contributed by atoms with Gasteiger partial charge in [0.25, 0.3) is 12.4 Å². The van der Waals surface area contributed by atoms with Crippen LogP contribution in [0.3, 0.4) is 0 Å². The number of nitrogens with zero attached hydrogens (tertiary/aromatic N) is 4. The van der Waals surface area contributed by atoms with Crippen LogP contribution in [0.5, 0.6) is 0 Å². The van der Waals surface area contributed by atoms with Gasteiger partial charge in [-0.1, -0.05) is 64.6 Å². The zero-order valence-corrected chi connectivity index (χ0v) is 39.7. The second-order valence-electron chi connectivity index (χ2n) is 18.4. The molecule has 2 aromatic carbocycles. The van der Waals surface area contributed by atoms with Crippen molar-refractivity contribution in [2.24, 2.45) is 17.3 Å². The third-order valence-electron chi connectivity index (χ3n) is 12.2. The molecule has 3 heterocycles. The summed E-state index contributed by atoms with van der Waals surface area (Å²) >= 11 is 0. The van der Waals surface area contributed by atoms with Crippen LogP contribution in [0.15, 0.2) is 73.4 Å². The van der Waals surface area contributed by atoms with Crippen molar-refractivity contribution in [3.8, 4) is 22.4 Å². The van der Waals surface area contributed by atoms with E-state index in [9.17, 15) is 24.0 Å². The molecule has 5 atom stereocenters. The number of rotatable bonds is 20. The molecule has 1 saturated carbocycles. The molecule has 5 unspecified atom stereocenters. The number of likely N-dealkylation sites (N-methyl/N-ethyl adjacent to an activating group) is 1. The van der Waals surface area contributed by atoms with Crippen LogP contribution in [0.25, 0.3) is 33.3 Å². The van der Waals surface area contributed by atoms with Gasteiger partial charge in [0, 0.05) is 73.2 Å². The third-order valence-corrected chi connectivity index (χ3v) is 12.2. The first kappa shape index (κ1) is 50.3. The first-order valence-electron chi connectivity index (χ1n) is 22.8. The Morgan fingerprint density at radius 1 is 1.05 bits per heavy atom. The van der Waals surface area contributed by atoms with E-state index in [0.717, 1.165) is 88.7 Å². The van der Waals surface area contributed by atoms with E-state index in [-0.39, 0.29) is 59.8 Å². The zero-order valence-electron chi connectivity index (χ0n) is 39.7. The molecule has 0 radical (unpaired) electrons. The summed E-state index contributed by atoms with van der Waals surface area (Å²) in [5, 5.41) is 8.54. The zero-order chi connectivity index (χ0) is 47.4. The van der Waals surface area contributed by atoms with Crippen LogP contribution < -0.4 is 16.1 Å². The highest BCUT2D eigenvalue weighted by Crippen LogP contribution is 2.42. The van der Waals surface area contributed by atoms with Crippen molar-refractivity contribution < 1.29 is 33.4 Å². The molecule has 1 aliphatic heterocycles. The number of pyridine rings is 1. The van der Waals surface area contributed by atoms with Gasteiger partial charge in [0.2, 0.25) is 11.8 Å². The van der Waals surface area contributed by atoms with Gasteiger partial charge in [-0.2, -0.15) is 0 Å². The second kappa shape index (κ2) is 23.0. The summed E-state index contributed by atoms with van der Waals surface area (Å²) in [6, 6.07) is 17.9. The molecular formula is C51H69N7O7. The van der Waals surface area contributed by atoms with E-state index in [0.29, 0.717) is 25.9 Å². The number of hydrogen-bond acceptors (Lipinski definition) is 10. The summed E-state index contributed by atoms with van der Waals surface area (Å²) in [5.41, 5.74) is 11.1. The van der Waals surface area contributed by atoms with Gasteiger partial charge < -0.3 is 29.5 Å². The van der Waals surface area contributed by atoms with Crippen LogP contribution in [0.1, 0.15) is 83.7 Å². The maximum absolute atomic E-state index is 14.0. The standard InChI is InChI=1S/C44H60N6O5.C7H9NO2/c1-10-49-38-19-18-33(25-35(38)36(26-44(5,6)27-55-28-51)41(49)34-17-14-20-45-39(34)30(4)54-9)32-16-13-15-31(23-32)24-37(43(53)50-22-12-11-21-46-50)47-42(52)40(29(2)3)48(7)8;1-2-7(10)8-6-3-5(6)4-9/h13-20,23,25,28-30,37,40,46H,10-12,21-22,24,26-27H2,1-9H3,(H,47,52);2,4-6H,1,3H2,(H,8,10). The van der Waals surface area contributed by atoms with Crippen molar-refractivity contribution in [2.75, 3.05) is 40.9 Å². The minimum absolute atomic E-state index is 0.0453. The highest BCUT2D eigenvalue weighted by atomic mass is 16.5. The predicted molar refractivity (Wildman–Crippen MR) is 254 cm³/mol. The van der Waals surface area contributed by atoms with E-state index in [1.807, 2.05) is 58.0 Å². The number of ether oxygens (including phenoxy) is 2. The molecular weight excluding hydrogens is 823 g/mol. The van der Waals surface area contributed by atoms with E-state index >= 15 is 0 Å². The average Bonchev–Trinajstić information content (AvgIpc) is 3.99. The lowest BCUT2D eigenvalue weighted by Gasteiger charge is -2.33. The third kappa shape index (κ3) is 12.8. The number of carbonyl (C=O) groups is 5. The smallest absolute Gasteiger partial charge is 0.293 e. The van der Waals surface area contributed by atoms with Gasteiger partial charge in [-0.3, -0.25) is 34.1 Å². The average molecular weight is 892 g/mol. The fraction of sp³-hybridized carbons (Fsp3) is 0.490. The number of aldehydes is 1. The molecule has 4 aromatic rings. The monoisotopic (exact) mass is 892 g/mol. The first-order chi connectivity index (χ1) is 31.1. The fourth-order valence-electron chi connectivity index (χ4n) is 8.80. The topological polar surface area (TPSA) is 164 Å². The minimum atomic E-state index is -0.733. The van der Waals surface area contributed by atoms with Gasteiger partial charge >= 0.3 is 0 Å². The molecule has 6 rings (SSSR count). The summed E-state index contributed by atoms with van der Waals surface area (Å²) in [6.07, 6.45) is 7.37. The van der Waals surface area contributed by atoms with Crippen molar-refractivity contribution in [2.45, 2.75) is 104 Å². The lowest BCUT2D eigenvalue weighted by atomic mass is 9.84. The number of benzene rings is 2. The number of fused-ring (bicyclic) bond motifs is 1. The molecule has 1 saturated heterocycles. The molecule has 14 nitrogen and oxygen atoms in total. The molecule has 2 aliphatic rings. The predicted octanol–water partition coefficient (Wildman–Crippen LogP) is 6.46. The summed E-state index contributed by atoms with van der Waals surface area (Å²) in [6.45, 7) is 18.6. The molecule has 3 amide bonds. The minimum Gasteiger partial charge on any atom is -0.467 e. The highest BCUT2D eigenvalue weighted by Gasteiger charge is 2.37. The highest BCUT2D eigenvalue weighted by molar-refractivity contribution is 5.95. The van der Waals surface area contributed by atoms with Crippen LogP contribution in [0.2, 0.25) is 0 Å². The molecule has 350 valence electrons. The Bertz CT molecular complexity index is 2290. The molecule has 65 heavy (non-hydrogen) atoms. The van der Waals surface area contributed by atoms with E-state index in [1.165, 1.54) is 6.08 Å². The Labute approximate surface area is 384 Å². The summed E-state index contributed by atoms with van der Waals surface area (Å²) in [7, 11) is 5.49. The van der Waals surface area contributed by atoms with Gasteiger partial charge in [0.15, 0.2) is 0 Å². The van der Waals surface area contributed by atoms with Crippen molar-refractivity contribution in [3.63, 3.8) is 0 Å². The number of carbonyl (C=O) groups excluding carboxylic acids is 5. The van der Waals surface area contributed by atoms with Crippen molar-refractivity contribution >= 4 is 41.4 Å². The molecule has 3 N–H and O–H groups in total. The Hall–Kier alpha value is -5.70. The summed E-state index contributed by atoms with van der Waals surface area (Å²) in [4.78, 5) is 66.2. The Morgan fingerprint density at radius 2 is 1.80 bits per heavy atom. The number of hydrazine groups is 1. The van der Waals surface area contributed by atoms with Crippen LogP contribution in [-0.2, 0) is 52.8 Å². The van der Waals surface area contributed by atoms with Gasteiger partial charge in [0.05, 0.1) is 30.1 Å². The molecule has 0 spiro atoms. The number of aromatic nitrogens is 2. The van der Waals surface area contributed by atoms with Crippen LogP contribution in [0.4, 0.5) is 0 Å². The number of hydrogen-bond donors (Lipinski definition) is 3. The molecule has 14 heteroatoms. The van der Waals surface area contributed by atoms with E-state index in [2.05, 4.69) is 84.4 Å². The number of amides is 3. The first-order valence-corrected chi connectivity index (χ1v) is 22.8. The quantitative estimate of drug-likeness (QED) is 0.0664. The van der Waals surface area contributed by atoms with E-state index in [4.69, 9.17) is 14.5 Å². The van der Waals surface area contributed by atoms with Crippen LogP contribution in [-0.4, -0.2) is 109 Å². The molecule has 2 fully saturated rings. The van der Waals surface area contributed by atoms with Gasteiger partial charge in [-0.05, 0) is 112 Å². The van der Waals surface area contributed by atoms with Gasteiger partial charge in [-0.25, -0.2) is 5.43 Å². The summed E-state index contributed by atoms with van der Waals surface area (Å²) in [5.74, 6) is -0.364. The number of methoxy groups -OCH3 is 1. The van der Waals surface area contributed by atoms with Crippen molar-refractivity contribution in [1.29, 1.82) is 0 Å². The SMILES string of the molecule is C=CC(=O)NC1CC1C=O.CCn1c(-c2cccnc2C(C)OC)c(CC(C)(C)COC=O)c2cc(-c3cccc(CC(NC(=O)C(C(C)C)N(C)C)C(=O)N4CCCCN4)c3)ccc21. The number of nitrogens with one attached hydrogen (secondary N) is 3. The van der Waals surface area contributed by atoms with Crippen LogP contribution >= 0.6 is 0 Å². The largest absolute Gasteiger partial charge is 0.467 e. The normalized spacial score (nSPS) is 17.4. The van der Waals surface area contributed by atoms with Crippen molar-refractivity contribution in [1.82, 2.24) is 35.5 Å². The van der Waals surface area contributed by atoms with E-state index in [1.54, 1.807) is 18.3 Å². The lowest BCUT2D eigenvalue weighted by molar-refractivity contribution is -0.141. The lowest BCUT2D eigenvalue weighted by Crippen LogP contribution is -2.58.